The van der Waals surface area contributed by atoms with Crippen LogP contribution in [0.4, 0.5) is 5.69 Å². The molecule has 0 saturated carbocycles. The smallest absolute Gasteiger partial charge is 0.277 e. The molecule has 0 unspecified atom stereocenters. The fourth-order valence-corrected chi connectivity index (χ4v) is 3.46. The average Bonchev–Trinajstić information content (AvgIpc) is 3.25. The van der Waals surface area contributed by atoms with Gasteiger partial charge in [0, 0.05) is 21.3 Å². The molecule has 6 nitrogen and oxygen atoms in total. The molecular formula is C22H15Cl2N3O3S. The van der Waals surface area contributed by atoms with Gasteiger partial charge in [-0.25, -0.2) is 0 Å². The van der Waals surface area contributed by atoms with Crippen molar-refractivity contribution in [1.29, 1.82) is 0 Å². The fraction of sp³-hybridized carbons (Fsp3) is 0.0455. The zero-order valence-electron chi connectivity index (χ0n) is 15.9. The number of hydrogen-bond donors (Lipinski definition) is 1. The highest BCUT2D eigenvalue weighted by Crippen LogP contribution is 2.26. The number of nitrogens with zero attached hydrogens (tertiary/aromatic N) is 2. The SMILES string of the molecule is O=C(CSc1nnc(-c2cccc(Cl)c2)o1)Nc1ccc(Oc2ccc(Cl)cc2)cc1. The van der Waals surface area contributed by atoms with Crippen molar-refractivity contribution in [2.24, 2.45) is 0 Å². The first kappa shape index (κ1) is 21.2. The first-order valence-corrected chi connectivity index (χ1v) is 10.8. The maximum atomic E-state index is 12.2. The Morgan fingerprint density at radius 2 is 1.65 bits per heavy atom. The van der Waals surface area contributed by atoms with E-state index in [1.165, 1.54) is 0 Å². The van der Waals surface area contributed by atoms with Crippen molar-refractivity contribution in [3.63, 3.8) is 0 Å². The lowest BCUT2D eigenvalue weighted by Crippen LogP contribution is -2.13. The minimum atomic E-state index is -0.195. The minimum Gasteiger partial charge on any atom is -0.457 e. The van der Waals surface area contributed by atoms with E-state index in [0.29, 0.717) is 38.3 Å². The standard InChI is InChI=1S/C22H15Cl2N3O3S/c23-15-4-8-18(9-5-15)29-19-10-6-17(7-11-19)25-20(28)13-31-22-27-26-21(30-22)14-2-1-3-16(24)12-14/h1-12H,13H2,(H,25,28). The van der Waals surface area contributed by atoms with Gasteiger partial charge in [-0.1, -0.05) is 41.0 Å². The Kier molecular flexibility index (Phi) is 6.76. The summed E-state index contributed by atoms with van der Waals surface area (Å²) in [4.78, 5) is 12.2. The summed E-state index contributed by atoms with van der Waals surface area (Å²) >= 11 is 13.0. The lowest BCUT2D eigenvalue weighted by Gasteiger charge is -2.08. The number of amides is 1. The third-order valence-corrected chi connectivity index (χ3v) is 5.30. The summed E-state index contributed by atoms with van der Waals surface area (Å²) in [6, 6.07) is 21.3. The van der Waals surface area contributed by atoms with Gasteiger partial charge in [0.05, 0.1) is 5.75 Å². The van der Waals surface area contributed by atoms with Gasteiger partial charge in [-0.2, -0.15) is 0 Å². The van der Waals surface area contributed by atoms with Gasteiger partial charge in [0.25, 0.3) is 5.22 Å². The molecule has 9 heteroatoms. The van der Waals surface area contributed by atoms with Crippen LogP contribution in [0.3, 0.4) is 0 Å². The van der Waals surface area contributed by atoms with E-state index in [1.54, 1.807) is 66.7 Å². The van der Waals surface area contributed by atoms with Crippen molar-refractivity contribution in [3.05, 3.63) is 82.8 Å². The molecule has 0 atom stereocenters. The van der Waals surface area contributed by atoms with Gasteiger partial charge in [-0.15, -0.1) is 10.2 Å². The molecule has 0 saturated heterocycles. The summed E-state index contributed by atoms with van der Waals surface area (Å²) in [6.07, 6.45) is 0. The topological polar surface area (TPSA) is 77.2 Å². The molecular weight excluding hydrogens is 457 g/mol. The number of halogens is 2. The summed E-state index contributed by atoms with van der Waals surface area (Å²) in [7, 11) is 0. The molecule has 0 aliphatic carbocycles. The predicted octanol–water partition coefficient (Wildman–Crippen LogP) is 6.57. The second kappa shape index (κ2) is 9.87. The van der Waals surface area contributed by atoms with Crippen molar-refractivity contribution in [3.8, 4) is 23.0 Å². The van der Waals surface area contributed by atoms with Crippen LogP contribution < -0.4 is 10.1 Å². The Morgan fingerprint density at radius 3 is 2.35 bits per heavy atom. The highest BCUT2D eigenvalue weighted by atomic mass is 35.5. The van der Waals surface area contributed by atoms with E-state index >= 15 is 0 Å². The van der Waals surface area contributed by atoms with Crippen LogP contribution in [-0.2, 0) is 4.79 Å². The molecule has 0 aliphatic heterocycles. The van der Waals surface area contributed by atoms with Crippen molar-refractivity contribution < 1.29 is 13.9 Å². The van der Waals surface area contributed by atoms with E-state index in [9.17, 15) is 4.79 Å². The highest BCUT2D eigenvalue weighted by molar-refractivity contribution is 7.99. The molecule has 3 aromatic carbocycles. The summed E-state index contributed by atoms with van der Waals surface area (Å²) in [5.74, 6) is 1.60. The second-order valence-corrected chi connectivity index (χ2v) is 8.10. The van der Waals surface area contributed by atoms with Crippen LogP contribution in [-0.4, -0.2) is 21.9 Å². The number of benzene rings is 3. The first-order valence-electron chi connectivity index (χ1n) is 9.11. The third-order valence-electron chi connectivity index (χ3n) is 3.99. The van der Waals surface area contributed by atoms with Crippen molar-refractivity contribution in [1.82, 2.24) is 10.2 Å². The summed E-state index contributed by atoms with van der Waals surface area (Å²) in [6.45, 7) is 0. The molecule has 1 amide bonds. The molecule has 1 heterocycles. The van der Waals surface area contributed by atoms with Crippen LogP contribution in [0.5, 0.6) is 11.5 Å². The normalized spacial score (nSPS) is 10.6. The van der Waals surface area contributed by atoms with Crippen LogP contribution in [0.2, 0.25) is 10.0 Å². The fourth-order valence-electron chi connectivity index (χ4n) is 2.58. The summed E-state index contributed by atoms with van der Waals surface area (Å²) in [5.41, 5.74) is 1.37. The highest BCUT2D eigenvalue weighted by Gasteiger charge is 2.12. The number of thioether (sulfide) groups is 1. The predicted molar refractivity (Wildman–Crippen MR) is 122 cm³/mol. The van der Waals surface area contributed by atoms with Gasteiger partial charge in [0.2, 0.25) is 11.8 Å². The second-order valence-electron chi connectivity index (χ2n) is 6.30. The first-order chi connectivity index (χ1) is 15.0. The molecule has 31 heavy (non-hydrogen) atoms. The molecule has 156 valence electrons. The molecule has 0 spiro atoms. The Labute approximate surface area is 192 Å². The van der Waals surface area contributed by atoms with E-state index < -0.39 is 0 Å². The number of hydrogen-bond acceptors (Lipinski definition) is 6. The summed E-state index contributed by atoms with van der Waals surface area (Å²) in [5, 5.41) is 12.3. The van der Waals surface area contributed by atoms with E-state index in [-0.39, 0.29) is 11.7 Å². The number of carbonyl (C=O) groups excluding carboxylic acids is 1. The third kappa shape index (κ3) is 6.01. The molecule has 0 fully saturated rings. The Hall–Kier alpha value is -3.00. The molecule has 1 N–H and O–H groups in total. The van der Waals surface area contributed by atoms with Gasteiger partial charge in [-0.05, 0) is 66.7 Å². The Morgan fingerprint density at radius 1 is 0.935 bits per heavy atom. The monoisotopic (exact) mass is 471 g/mol. The van der Waals surface area contributed by atoms with Crippen LogP contribution in [0.25, 0.3) is 11.5 Å². The molecule has 0 aliphatic rings. The average molecular weight is 472 g/mol. The Bertz CT molecular complexity index is 1180. The Balaban J connectivity index is 1.28. The number of anilines is 1. The lowest BCUT2D eigenvalue weighted by molar-refractivity contribution is -0.113. The number of aromatic nitrogens is 2. The zero-order chi connectivity index (χ0) is 21.6. The van der Waals surface area contributed by atoms with E-state index in [2.05, 4.69) is 15.5 Å². The number of nitrogens with one attached hydrogen (secondary N) is 1. The van der Waals surface area contributed by atoms with Crippen LogP contribution >= 0.6 is 35.0 Å². The largest absolute Gasteiger partial charge is 0.457 e. The summed E-state index contributed by atoms with van der Waals surface area (Å²) < 4.78 is 11.3. The lowest BCUT2D eigenvalue weighted by atomic mass is 10.2. The van der Waals surface area contributed by atoms with Gasteiger partial charge < -0.3 is 14.5 Å². The van der Waals surface area contributed by atoms with Gasteiger partial charge in [0.1, 0.15) is 11.5 Å². The quantitative estimate of drug-likeness (QED) is 0.307. The van der Waals surface area contributed by atoms with Crippen LogP contribution in [0.1, 0.15) is 0 Å². The number of rotatable bonds is 7. The molecule has 0 bridgehead atoms. The molecule has 0 radical (unpaired) electrons. The van der Waals surface area contributed by atoms with Crippen molar-refractivity contribution in [2.45, 2.75) is 5.22 Å². The maximum absolute atomic E-state index is 12.2. The van der Waals surface area contributed by atoms with Crippen molar-refractivity contribution >= 4 is 46.6 Å². The van der Waals surface area contributed by atoms with Crippen LogP contribution in [0, 0.1) is 0 Å². The van der Waals surface area contributed by atoms with Gasteiger partial charge in [0.15, 0.2) is 0 Å². The molecule has 4 aromatic rings. The number of carbonyl (C=O) groups is 1. The minimum absolute atomic E-state index is 0.125. The zero-order valence-corrected chi connectivity index (χ0v) is 18.2. The van der Waals surface area contributed by atoms with Crippen molar-refractivity contribution in [2.75, 3.05) is 11.1 Å². The molecule has 1 aromatic heterocycles. The van der Waals surface area contributed by atoms with Gasteiger partial charge >= 0.3 is 0 Å². The van der Waals surface area contributed by atoms with Gasteiger partial charge in [-0.3, -0.25) is 4.79 Å². The number of ether oxygens (including phenoxy) is 1. The molecule has 4 rings (SSSR count). The maximum Gasteiger partial charge on any atom is 0.277 e. The van der Waals surface area contributed by atoms with Crippen LogP contribution in [0.15, 0.2) is 82.4 Å². The van der Waals surface area contributed by atoms with E-state index in [0.717, 1.165) is 17.3 Å². The van der Waals surface area contributed by atoms with E-state index in [4.69, 9.17) is 32.4 Å². The van der Waals surface area contributed by atoms with E-state index in [1.807, 2.05) is 6.07 Å².